The first-order valence-electron chi connectivity index (χ1n) is 6.89. The summed E-state index contributed by atoms with van der Waals surface area (Å²) in [6.45, 7) is 2.48. The highest BCUT2D eigenvalue weighted by Gasteiger charge is 2.09. The molecule has 0 N–H and O–H groups in total. The lowest BCUT2D eigenvalue weighted by atomic mass is 10.1. The van der Waals surface area contributed by atoms with Crippen molar-refractivity contribution < 1.29 is 4.42 Å². The molecule has 0 aliphatic carbocycles. The molecule has 0 fully saturated rings. The molecule has 21 heavy (non-hydrogen) atoms. The molecule has 2 aromatic carbocycles. The second-order valence-electron chi connectivity index (χ2n) is 4.93. The van der Waals surface area contributed by atoms with Gasteiger partial charge in [-0.1, -0.05) is 43.3 Å². The van der Waals surface area contributed by atoms with Crippen molar-refractivity contribution in [3.8, 4) is 0 Å². The van der Waals surface area contributed by atoms with E-state index in [1.165, 1.54) is 10.1 Å². The molecule has 4 heteroatoms. The summed E-state index contributed by atoms with van der Waals surface area (Å²) in [6.07, 6.45) is 0.976. The van der Waals surface area contributed by atoms with Gasteiger partial charge in [-0.3, -0.25) is 4.57 Å². The Bertz CT molecular complexity index is 888. The van der Waals surface area contributed by atoms with Crippen LogP contribution in [0.5, 0.6) is 0 Å². The molecule has 0 aliphatic heterocycles. The van der Waals surface area contributed by atoms with Crippen LogP contribution < -0.4 is 11.4 Å². The van der Waals surface area contributed by atoms with Crippen molar-refractivity contribution in [3.05, 3.63) is 80.6 Å². The second kappa shape index (κ2) is 5.40. The zero-order chi connectivity index (χ0) is 14.8. The monoisotopic (exact) mass is 281 g/mol. The summed E-state index contributed by atoms with van der Waals surface area (Å²) in [4.78, 5) is 23.7. The maximum Gasteiger partial charge on any atom is 0.422 e. The smallest absolute Gasteiger partial charge is 0.372 e. The third-order valence-electron chi connectivity index (χ3n) is 3.59. The molecule has 1 heterocycles. The van der Waals surface area contributed by atoms with Gasteiger partial charge in [-0.25, -0.2) is 9.59 Å². The standard InChI is InChI=1S/C17H15NO3/c1-2-12-7-9-13(10-8-12)11-18-15-6-4-3-5-14(15)16(19)21-17(18)20/h3-10H,2,11H2,1H3. The minimum absolute atomic E-state index is 0.382. The zero-order valence-electron chi connectivity index (χ0n) is 11.7. The summed E-state index contributed by atoms with van der Waals surface area (Å²) in [7, 11) is 0. The summed E-state index contributed by atoms with van der Waals surface area (Å²) in [5, 5.41) is 0.419. The molecule has 0 spiro atoms. The van der Waals surface area contributed by atoms with Crippen LogP contribution in [0.1, 0.15) is 18.1 Å². The van der Waals surface area contributed by atoms with Gasteiger partial charge in [0.25, 0.3) is 0 Å². The van der Waals surface area contributed by atoms with Gasteiger partial charge in [-0.2, -0.15) is 0 Å². The molecule has 0 saturated heterocycles. The number of nitrogens with zero attached hydrogens (tertiary/aromatic N) is 1. The predicted molar refractivity (Wildman–Crippen MR) is 81.7 cm³/mol. The Balaban J connectivity index is 2.11. The maximum absolute atomic E-state index is 12.0. The van der Waals surface area contributed by atoms with Crippen LogP contribution in [0, 0.1) is 0 Å². The van der Waals surface area contributed by atoms with Crippen LogP contribution in [0.2, 0.25) is 0 Å². The number of hydrogen-bond acceptors (Lipinski definition) is 3. The predicted octanol–water partition coefficient (Wildman–Crippen LogP) is 2.57. The molecule has 1 aromatic heterocycles. The maximum atomic E-state index is 12.0. The van der Waals surface area contributed by atoms with Crippen molar-refractivity contribution in [1.82, 2.24) is 4.57 Å². The van der Waals surface area contributed by atoms with E-state index in [9.17, 15) is 9.59 Å². The number of aryl methyl sites for hydroxylation is 1. The molecule has 106 valence electrons. The van der Waals surface area contributed by atoms with Gasteiger partial charge >= 0.3 is 11.4 Å². The Kier molecular flexibility index (Phi) is 3.44. The number of aromatic nitrogens is 1. The first-order valence-corrected chi connectivity index (χ1v) is 6.89. The number of para-hydroxylation sites is 1. The largest absolute Gasteiger partial charge is 0.422 e. The fourth-order valence-corrected chi connectivity index (χ4v) is 2.38. The quantitative estimate of drug-likeness (QED) is 0.741. The Hall–Kier alpha value is -2.62. The molecule has 0 radical (unpaired) electrons. The van der Waals surface area contributed by atoms with E-state index >= 15 is 0 Å². The van der Waals surface area contributed by atoms with Crippen LogP contribution >= 0.6 is 0 Å². The lowest BCUT2D eigenvalue weighted by Gasteiger charge is -2.08. The van der Waals surface area contributed by atoms with Crippen LogP contribution in [0.15, 0.2) is 62.5 Å². The van der Waals surface area contributed by atoms with Crippen molar-refractivity contribution in [3.63, 3.8) is 0 Å². The van der Waals surface area contributed by atoms with Crippen LogP contribution in [0.4, 0.5) is 0 Å². The highest BCUT2D eigenvalue weighted by atomic mass is 16.4. The van der Waals surface area contributed by atoms with Gasteiger partial charge in [-0.05, 0) is 29.7 Å². The minimum Gasteiger partial charge on any atom is -0.372 e. The summed E-state index contributed by atoms with van der Waals surface area (Å²) in [6, 6.07) is 15.0. The summed E-state index contributed by atoms with van der Waals surface area (Å²) in [5.41, 5.74) is 2.25. The molecule has 3 aromatic rings. The van der Waals surface area contributed by atoms with Gasteiger partial charge in [-0.15, -0.1) is 0 Å². The summed E-state index contributed by atoms with van der Waals surface area (Å²) in [5.74, 6) is -0.627. The first kappa shape index (κ1) is 13.4. The van der Waals surface area contributed by atoms with Crippen molar-refractivity contribution >= 4 is 10.9 Å². The van der Waals surface area contributed by atoms with E-state index in [4.69, 9.17) is 4.42 Å². The number of benzene rings is 2. The molecule has 0 atom stereocenters. The van der Waals surface area contributed by atoms with Crippen LogP contribution in [-0.4, -0.2) is 4.57 Å². The van der Waals surface area contributed by atoms with E-state index in [2.05, 4.69) is 6.92 Å². The van der Waals surface area contributed by atoms with E-state index in [1.807, 2.05) is 24.3 Å². The Labute approximate surface area is 121 Å². The topological polar surface area (TPSA) is 52.2 Å². The van der Waals surface area contributed by atoms with E-state index in [0.717, 1.165) is 12.0 Å². The van der Waals surface area contributed by atoms with E-state index in [-0.39, 0.29) is 0 Å². The second-order valence-corrected chi connectivity index (χ2v) is 4.93. The number of hydrogen-bond donors (Lipinski definition) is 0. The van der Waals surface area contributed by atoms with Gasteiger partial charge in [0, 0.05) is 0 Å². The van der Waals surface area contributed by atoms with Crippen LogP contribution in [0.3, 0.4) is 0 Å². The average Bonchev–Trinajstić information content (AvgIpc) is 2.52. The average molecular weight is 281 g/mol. The molecule has 3 rings (SSSR count). The molecular formula is C17H15NO3. The van der Waals surface area contributed by atoms with Crippen molar-refractivity contribution in [2.24, 2.45) is 0 Å². The van der Waals surface area contributed by atoms with E-state index in [1.54, 1.807) is 24.3 Å². The van der Waals surface area contributed by atoms with Crippen LogP contribution in [-0.2, 0) is 13.0 Å². The molecule has 0 saturated carbocycles. The third kappa shape index (κ3) is 2.52. The first-order chi connectivity index (χ1) is 10.2. The minimum atomic E-state index is -0.627. The van der Waals surface area contributed by atoms with Crippen molar-refractivity contribution in [1.29, 1.82) is 0 Å². The fourth-order valence-electron chi connectivity index (χ4n) is 2.38. The van der Waals surface area contributed by atoms with Crippen molar-refractivity contribution in [2.45, 2.75) is 19.9 Å². The van der Waals surface area contributed by atoms with Gasteiger partial charge in [0.15, 0.2) is 0 Å². The Morgan fingerprint density at radius 1 is 0.952 bits per heavy atom. The molecule has 0 amide bonds. The normalized spacial score (nSPS) is 10.9. The van der Waals surface area contributed by atoms with Gasteiger partial charge in [0.2, 0.25) is 0 Å². The third-order valence-corrected chi connectivity index (χ3v) is 3.59. The van der Waals surface area contributed by atoms with Crippen LogP contribution in [0.25, 0.3) is 10.9 Å². The molecule has 0 aliphatic rings. The van der Waals surface area contributed by atoms with E-state index < -0.39 is 11.4 Å². The van der Waals surface area contributed by atoms with Gasteiger partial charge in [0.1, 0.15) is 0 Å². The lowest BCUT2D eigenvalue weighted by molar-refractivity contribution is 0.425. The van der Waals surface area contributed by atoms with Crippen molar-refractivity contribution in [2.75, 3.05) is 0 Å². The molecule has 0 unspecified atom stereocenters. The highest BCUT2D eigenvalue weighted by molar-refractivity contribution is 5.77. The zero-order valence-corrected chi connectivity index (χ0v) is 11.7. The van der Waals surface area contributed by atoms with E-state index in [0.29, 0.717) is 17.4 Å². The fraction of sp³-hybridized carbons (Fsp3) is 0.176. The molecule has 4 nitrogen and oxygen atoms in total. The summed E-state index contributed by atoms with van der Waals surface area (Å²) >= 11 is 0. The highest BCUT2D eigenvalue weighted by Crippen LogP contribution is 2.11. The number of fused-ring (bicyclic) bond motifs is 1. The van der Waals surface area contributed by atoms with Gasteiger partial charge < -0.3 is 4.42 Å². The Morgan fingerprint density at radius 3 is 2.33 bits per heavy atom. The number of rotatable bonds is 3. The van der Waals surface area contributed by atoms with Gasteiger partial charge in [0.05, 0.1) is 17.4 Å². The SMILES string of the molecule is CCc1ccc(Cn2c(=O)oc(=O)c3ccccc32)cc1. The molecular weight excluding hydrogens is 266 g/mol. The molecule has 0 bridgehead atoms. The Morgan fingerprint density at radius 2 is 1.62 bits per heavy atom. The summed E-state index contributed by atoms with van der Waals surface area (Å²) < 4.78 is 6.27. The lowest BCUT2D eigenvalue weighted by Crippen LogP contribution is -2.25.